The Morgan fingerprint density at radius 3 is 2.15 bits per heavy atom. The molecule has 6 unspecified atom stereocenters. The minimum absolute atomic E-state index is 0.517. The lowest BCUT2D eigenvalue weighted by Gasteiger charge is -2.33. The highest BCUT2D eigenvalue weighted by molar-refractivity contribution is 5.43. The molecule has 0 N–H and O–H groups in total. The van der Waals surface area contributed by atoms with E-state index in [2.05, 4.69) is 121 Å². The van der Waals surface area contributed by atoms with Gasteiger partial charge in [-0.1, -0.05) is 183 Å². The Labute approximate surface area is 294 Å². The normalized spacial score (nSPS) is 24.2. The first-order valence-corrected chi connectivity index (χ1v) is 19.2. The molecule has 0 heterocycles. The van der Waals surface area contributed by atoms with Crippen LogP contribution in [0.3, 0.4) is 0 Å². The van der Waals surface area contributed by atoms with Crippen molar-refractivity contribution < 1.29 is 0 Å². The summed E-state index contributed by atoms with van der Waals surface area (Å²) in [5.41, 5.74) is 8.96. The average Bonchev–Trinajstić information content (AvgIpc) is 3.51. The first kappa shape index (κ1) is 44.1. The van der Waals surface area contributed by atoms with E-state index >= 15 is 0 Å². The lowest BCUT2D eigenvalue weighted by atomic mass is 9.71. The molecule has 0 aromatic heterocycles. The third-order valence-electron chi connectivity index (χ3n) is 9.51. The smallest absolute Gasteiger partial charge is 0.00256 e. The average molecular weight is 639 g/mol. The largest absolute Gasteiger partial charge is 0.0991 e. The van der Waals surface area contributed by atoms with Gasteiger partial charge >= 0.3 is 0 Å². The van der Waals surface area contributed by atoms with Crippen molar-refractivity contribution in [2.75, 3.05) is 0 Å². The lowest BCUT2D eigenvalue weighted by Crippen LogP contribution is -2.23. The molecule has 0 bridgehead atoms. The van der Waals surface area contributed by atoms with Crippen LogP contribution in [0.5, 0.6) is 0 Å². The van der Waals surface area contributed by atoms with Crippen molar-refractivity contribution in [3.05, 3.63) is 131 Å². The Kier molecular flexibility index (Phi) is 24.5. The van der Waals surface area contributed by atoms with Gasteiger partial charge in [-0.25, -0.2) is 0 Å². The lowest BCUT2D eigenvalue weighted by molar-refractivity contribution is 0.284. The number of rotatable bonds is 10. The monoisotopic (exact) mass is 639 g/mol. The summed E-state index contributed by atoms with van der Waals surface area (Å²) in [7, 11) is 0. The van der Waals surface area contributed by atoms with Gasteiger partial charge in [0.05, 0.1) is 0 Å². The van der Waals surface area contributed by atoms with Gasteiger partial charge in [0.1, 0.15) is 0 Å². The molecule has 0 amide bonds. The molecule has 0 nitrogen and oxygen atoms in total. The van der Waals surface area contributed by atoms with Gasteiger partial charge in [0.25, 0.3) is 0 Å². The van der Waals surface area contributed by atoms with Crippen molar-refractivity contribution in [2.24, 2.45) is 35.5 Å². The second-order valence-corrected chi connectivity index (χ2v) is 12.4. The van der Waals surface area contributed by atoms with Crippen LogP contribution in [0, 0.1) is 35.5 Å². The van der Waals surface area contributed by atoms with Crippen LogP contribution in [0.25, 0.3) is 0 Å². The summed E-state index contributed by atoms with van der Waals surface area (Å²) in [6, 6.07) is 0. The zero-order valence-corrected chi connectivity index (χ0v) is 33.1. The van der Waals surface area contributed by atoms with Crippen molar-refractivity contribution in [1.29, 1.82) is 0 Å². The van der Waals surface area contributed by atoms with Crippen molar-refractivity contribution in [3.63, 3.8) is 0 Å². The molecule has 4 aliphatic rings. The maximum Gasteiger partial charge on any atom is 0.00256 e. The zero-order valence-electron chi connectivity index (χ0n) is 33.1. The highest BCUT2D eigenvalue weighted by atomic mass is 14.4. The molecular formula is C47H74. The van der Waals surface area contributed by atoms with Crippen LogP contribution in [-0.4, -0.2) is 0 Å². The summed E-state index contributed by atoms with van der Waals surface area (Å²) < 4.78 is 0. The molecule has 6 atom stereocenters. The van der Waals surface area contributed by atoms with Gasteiger partial charge in [-0.15, -0.1) is 0 Å². The van der Waals surface area contributed by atoms with Crippen molar-refractivity contribution >= 4 is 0 Å². The summed E-state index contributed by atoms with van der Waals surface area (Å²) >= 11 is 0. The number of hydrogen-bond donors (Lipinski definition) is 0. The third-order valence-corrected chi connectivity index (χ3v) is 9.51. The van der Waals surface area contributed by atoms with Crippen molar-refractivity contribution in [1.82, 2.24) is 0 Å². The van der Waals surface area contributed by atoms with E-state index in [4.69, 9.17) is 0 Å². The van der Waals surface area contributed by atoms with Gasteiger partial charge in [0, 0.05) is 11.8 Å². The van der Waals surface area contributed by atoms with E-state index in [0.717, 1.165) is 12.3 Å². The highest BCUT2D eigenvalue weighted by Gasteiger charge is 2.34. The van der Waals surface area contributed by atoms with Crippen LogP contribution in [-0.2, 0) is 0 Å². The molecule has 0 aliphatic heterocycles. The zero-order chi connectivity index (χ0) is 35.8. The Morgan fingerprint density at radius 2 is 1.60 bits per heavy atom. The molecule has 0 radical (unpaired) electrons. The molecule has 0 spiro atoms. The van der Waals surface area contributed by atoms with E-state index < -0.39 is 0 Å². The molecule has 0 heteroatoms. The molecule has 4 aliphatic carbocycles. The molecule has 47 heavy (non-hydrogen) atoms. The Hall–Kier alpha value is -2.86. The standard InChI is InChI=1S/C32H42.C9H14.3C2H6/c1-6-8-28-21-27(16-18-31(28)24(5)26-12-9-22(3)10-13-26)25(7-2)20-30-15-14-29-19-23(4)11-17-32(29)30;1-4-7-9(6-3)8-5-2;3*1-2/h6,8-9,11-12,14-19,24-25,27,29-30,32H,7,10,13,20-21H2,1-5H3;4-5,7-8H,1,6H2,2-3H3;3*1-2H3/b8-6-;8-5-,9-7-;;;. The summed E-state index contributed by atoms with van der Waals surface area (Å²) in [5, 5.41) is 0. The maximum atomic E-state index is 3.62. The summed E-state index contributed by atoms with van der Waals surface area (Å²) in [6.45, 7) is 31.2. The Bertz CT molecular complexity index is 1190. The van der Waals surface area contributed by atoms with Crippen molar-refractivity contribution in [3.8, 4) is 0 Å². The fraction of sp³-hybridized carbons (Fsp3) is 0.532. The van der Waals surface area contributed by atoms with Crippen LogP contribution in [0.2, 0.25) is 0 Å². The van der Waals surface area contributed by atoms with Gasteiger partial charge in [0.15, 0.2) is 0 Å². The van der Waals surface area contributed by atoms with Gasteiger partial charge in [-0.3, -0.25) is 0 Å². The number of allylic oxidation sites excluding steroid dienone is 21. The predicted octanol–water partition coefficient (Wildman–Crippen LogP) is 15.3. The van der Waals surface area contributed by atoms with Crippen molar-refractivity contribution in [2.45, 2.75) is 129 Å². The minimum Gasteiger partial charge on any atom is -0.0991 e. The summed E-state index contributed by atoms with van der Waals surface area (Å²) in [6.07, 6.45) is 41.9. The molecule has 4 rings (SSSR count). The topological polar surface area (TPSA) is 0 Å². The summed E-state index contributed by atoms with van der Waals surface area (Å²) in [5.74, 6) is 3.91. The van der Waals surface area contributed by atoms with Gasteiger partial charge in [0.2, 0.25) is 0 Å². The molecule has 0 aromatic carbocycles. The predicted molar refractivity (Wildman–Crippen MR) is 218 cm³/mol. The van der Waals surface area contributed by atoms with Crippen LogP contribution in [0.1, 0.15) is 129 Å². The molecule has 0 saturated heterocycles. The van der Waals surface area contributed by atoms with Crippen LogP contribution >= 0.6 is 0 Å². The van der Waals surface area contributed by atoms with E-state index in [9.17, 15) is 0 Å². The first-order valence-electron chi connectivity index (χ1n) is 19.2. The fourth-order valence-corrected chi connectivity index (χ4v) is 6.96. The van der Waals surface area contributed by atoms with Crippen LogP contribution in [0.15, 0.2) is 131 Å². The Morgan fingerprint density at radius 1 is 0.894 bits per heavy atom. The molecule has 0 saturated carbocycles. The van der Waals surface area contributed by atoms with Crippen LogP contribution in [0.4, 0.5) is 0 Å². The quantitative estimate of drug-likeness (QED) is 0.165. The molecular weight excluding hydrogens is 565 g/mol. The van der Waals surface area contributed by atoms with Gasteiger partial charge < -0.3 is 0 Å². The molecule has 0 aromatic rings. The number of fused-ring (bicyclic) bond motifs is 1. The van der Waals surface area contributed by atoms with Gasteiger partial charge in [-0.05, 0) is 100 Å². The van der Waals surface area contributed by atoms with E-state index in [0.29, 0.717) is 29.6 Å². The first-order chi connectivity index (χ1) is 22.8. The SMILES string of the molecule is C/C=C\C1=C(C(C)C2=CC=C(C)CC2)C=CC(C(CC)CC2C=CC3C=C(C)C=CC32)C1.C=C/C=C(\C=C/C)CC.CC.CC.CC. The van der Waals surface area contributed by atoms with E-state index in [1.807, 2.05) is 66.7 Å². The van der Waals surface area contributed by atoms with E-state index in [-0.39, 0.29) is 0 Å². The molecule has 262 valence electrons. The fourth-order valence-electron chi connectivity index (χ4n) is 6.96. The second kappa shape index (κ2) is 26.1. The summed E-state index contributed by atoms with van der Waals surface area (Å²) in [4.78, 5) is 0. The highest BCUT2D eigenvalue weighted by Crippen LogP contribution is 2.44. The van der Waals surface area contributed by atoms with E-state index in [1.54, 1.807) is 16.7 Å². The maximum absolute atomic E-state index is 3.62. The van der Waals surface area contributed by atoms with Gasteiger partial charge in [-0.2, -0.15) is 0 Å². The third kappa shape index (κ3) is 14.4. The minimum atomic E-state index is 0.517. The Balaban J connectivity index is 0.00000120. The second-order valence-electron chi connectivity index (χ2n) is 12.4. The van der Waals surface area contributed by atoms with E-state index in [1.165, 1.54) is 48.8 Å². The molecule has 0 fully saturated rings. The number of hydrogen-bond acceptors (Lipinski definition) is 0. The van der Waals surface area contributed by atoms with Crippen LogP contribution < -0.4 is 0 Å².